The Morgan fingerprint density at radius 1 is 0.520 bits per heavy atom. The third-order valence-corrected chi connectivity index (χ3v) is 9.96. The van der Waals surface area contributed by atoms with E-state index in [1.165, 1.54) is 27.5 Å². The number of fused-ring (bicyclic) bond motifs is 6. The molecule has 50 heavy (non-hydrogen) atoms. The molecule has 2 unspecified atom stereocenters. The van der Waals surface area contributed by atoms with Gasteiger partial charge in [0.1, 0.15) is 11.9 Å². The van der Waals surface area contributed by atoms with Crippen molar-refractivity contribution < 1.29 is 4.74 Å². The number of allylic oxidation sites excluding steroid dienone is 2. The highest BCUT2D eigenvalue weighted by Gasteiger charge is 2.36. The molecule has 6 aromatic carbocycles. The number of nitrogens with zero attached hydrogens (tertiary/aromatic N) is 3. The highest BCUT2D eigenvalue weighted by molar-refractivity contribution is 6.10. The number of hydrogen-bond acceptors (Lipinski definition) is 3. The zero-order valence-corrected chi connectivity index (χ0v) is 27.1. The van der Waals surface area contributed by atoms with Crippen LogP contribution in [0.15, 0.2) is 176 Å². The topological polar surface area (TPSA) is 39.9 Å². The Labute approximate surface area is 290 Å². The lowest BCUT2D eigenvalue weighted by Gasteiger charge is -2.19. The summed E-state index contributed by atoms with van der Waals surface area (Å²) >= 11 is 0. The van der Waals surface area contributed by atoms with Gasteiger partial charge in [-0.1, -0.05) is 146 Å². The van der Waals surface area contributed by atoms with E-state index in [4.69, 9.17) is 14.7 Å². The van der Waals surface area contributed by atoms with Gasteiger partial charge in [0.15, 0.2) is 5.82 Å². The monoisotopic (exact) mass is 641 g/mol. The van der Waals surface area contributed by atoms with E-state index in [9.17, 15) is 0 Å². The van der Waals surface area contributed by atoms with E-state index in [1.807, 2.05) is 36.4 Å². The third-order valence-electron chi connectivity index (χ3n) is 9.96. The van der Waals surface area contributed by atoms with Gasteiger partial charge in [-0.25, -0.2) is 9.97 Å². The molecule has 10 rings (SSSR count). The minimum Gasteiger partial charge on any atom is -0.483 e. The van der Waals surface area contributed by atoms with E-state index < -0.39 is 0 Å². The minimum absolute atomic E-state index is 0.102. The van der Waals surface area contributed by atoms with Crippen molar-refractivity contribution in [3.63, 3.8) is 0 Å². The molecule has 0 N–H and O–H groups in total. The molecular weight excluding hydrogens is 611 g/mol. The van der Waals surface area contributed by atoms with Crippen molar-refractivity contribution in [2.45, 2.75) is 12.0 Å². The highest BCUT2D eigenvalue weighted by atomic mass is 16.5. The molecule has 0 bridgehead atoms. The average Bonchev–Trinajstić information content (AvgIpc) is 3.74. The summed E-state index contributed by atoms with van der Waals surface area (Å²) in [5.41, 5.74) is 11.8. The quantitative estimate of drug-likeness (QED) is 0.188. The van der Waals surface area contributed by atoms with Crippen LogP contribution in [-0.2, 0) is 0 Å². The fraction of sp³-hybridized carbons (Fsp3) is 0.0435. The maximum atomic E-state index is 6.97. The smallest absolute Gasteiger partial charge is 0.160 e. The maximum Gasteiger partial charge on any atom is 0.160 e. The molecule has 2 atom stereocenters. The number of aromatic nitrogens is 3. The van der Waals surface area contributed by atoms with Gasteiger partial charge in [0.05, 0.1) is 28.1 Å². The first kappa shape index (κ1) is 28.5. The summed E-state index contributed by atoms with van der Waals surface area (Å²) in [6, 6.07) is 55.2. The zero-order chi connectivity index (χ0) is 33.0. The van der Waals surface area contributed by atoms with Gasteiger partial charge in [0.2, 0.25) is 0 Å². The van der Waals surface area contributed by atoms with Gasteiger partial charge >= 0.3 is 0 Å². The van der Waals surface area contributed by atoms with E-state index in [0.29, 0.717) is 5.82 Å². The number of para-hydroxylation sites is 2. The summed E-state index contributed by atoms with van der Waals surface area (Å²) in [6.45, 7) is 0. The standard InChI is InChI=1S/C46H31N3O/c1-4-13-30(14-5-1)33-23-25-36-35-19-10-11-21-41(35)49(43(36)27-33)42-22-12-20-38-37-26-24-34(28-44(37)50-45(38)42)40-29-39(31-15-6-2-7-16-31)47-46(48-40)32-17-8-3-9-18-32/h1-29,37,44H. The van der Waals surface area contributed by atoms with Crippen LogP contribution >= 0.6 is 0 Å². The molecule has 3 heterocycles. The van der Waals surface area contributed by atoms with Crippen LogP contribution in [0.25, 0.3) is 66.8 Å². The fourth-order valence-corrected chi connectivity index (χ4v) is 7.57. The Kier molecular flexibility index (Phi) is 6.59. The van der Waals surface area contributed by atoms with Crippen LogP contribution in [0.4, 0.5) is 0 Å². The van der Waals surface area contributed by atoms with Gasteiger partial charge in [-0.2, -0.15) is 0 Å². The molecule has 4 nitrogen and oxygen atoms in total. The SMILES string of the molecule is C1=CC2c3cccc(-n4c5ccccc5c5ccc(-c6ccccc6)cc54)c3OC2C=C1c1cc(-c2ccccc2)nc(-c2ccccc2)n1. The molecule has 236 valence electrons. The Bertz CT molecular complexity index is 2560. The van der Waals surface area contributed by atoms with Crippen molar-refractivity contribution in [2.24, 2.45) is 0 Å². The summed E-state index contributed by atoms with van der Waals surface area (Å²) < 4.78 is 9.35. The lowest BCUT2D eigenvalue weighted by atomic mass is 9.88. The lowest BCUT2D eigenvalue weighted by molar-refractivity contribution is 0.269. The van der Waals surface area contributed by atoms with E-state index >= 15 is 0 Å². The zero-order valence-electron chi connectivity index (χ0n) is 27.1. The van der Waals surface area contributed by atoms with Crippen molar-refractivity contribution in [2.75, 3.05) is 0 Å². The number of ether oxygens (including phenoxy) is 1. The first-order chi connectivity index (χ1) is 24.8. The third kappa shape index (κ3) is 4.68. The van der Waals surface area contributed by atoms with Gasteiger partial charge in [-0.15, -0.1) is 0 Å². The second-order valence-corrected chi connectivity index (χ2v) is 12.9. The molecule has 0 radical (unpaired) electrons. The van der Waals surface area contributed by atoms with E-state index in [0.717, 1.165) is 50.6 Å². The molecule has 2 aliphatic rings. The van der Waals surface area contributed by atoms with E-state index in [1.54, 1.807) is 0 Å². The number of benzene rings is 6. The molecule has 0 amide bonds. The van der Waals surface area contributed by atoms with Gasteiger partial charge in [0.25, 0.3) is 0 Å². The molecular formula is C46H31N3O. The van der Waals surface area contributed by atoms with E-state index in [2.05, 4.69) is 144 Å². The van der Waals surface area contributed by atoms with Crippen molar-refractivity contribution in [1.29, 1.82) is 0 Å². The minimum atomic E-state index is -0.158. The predicted octanol–water partition coefficient (Wildman–Crippen LogP) is 11.1. The summed E-state index contributed by atoms with van der Waals surface area (Å²) in [7, 11) is 0. The molecule has 8 aromatic rings. The Balaban J connectivity index is 1.08. The Morgan fingerprint density at radius 3 is 2.00 bits per heavy atom. The molecule has 0 spiro atoms. The summed E-state index contributed by atoms with van der Waals surface area (Å²) in [5, 5.41) is 2.45. The molecule has 2 aromatic heterocycles. The summed E-state index contributed by atoms with van der Waals surface area (Å²) in [6.07, 6.45) is 6.56. The molecule has 0 saturated carbocycles. The van der Waals surface area contributed by atoms with Crippen LogP contribution in [-0.4, -0.2) is 20.6 Å². The van der Waals surface area contributed by atoms with Gasteiger partial charge in [-0.05, 0) is 47.0 Å². The van der Waals surface area contributed by atoms with Crippen molar-refractivity contribution in [3.8, 4) is 45.2 Å². The molecule has 1 aliphatic carbocycles. The molecule has 1 aliphatic heterocycles. The molecule has 0 saturated heterocycles. The van der Waals surface area contributed by atoms with Crippen LogP contribution in [0.5, 0.6) is 5.75 Å². The maximum absolute atomic E-state index is 6.97. The van der Waals surface area contributed by atoms with Gasteiger partial charge in [0, 0.05) is 33.4 Å². The summed E-state index contributed by atoms with van der Waals surface area (Å²) in [5.74, 6) is 1.73. The highest BCUT2D eigenvalue weighted by Crippen LogP contribution is 2.48. The molecule has 4 heteroatoms. The van der Waals surface area contributed by atoms with Crippen LogP contribution in [0.3, 0.4) is 0 Å². The van der Waals surface area contributed by atoms with Crippen LogP contribution in [0.1, 0.15) is 17.2 Å². The van der Waals surface area contributed by atoms with Crippen molar-refractivity contribution in [3.05, 3.63) is 187 Å². The lowest BCUT2D eigenvalue weighted by Crippen LogP contribution is -2.17. The van der Waals surface area contributed by atoms with Gasteiger partial charge in [-0.3, -0.25) is 0 Å². The number of hydrogen-bond donors (Lipinski definition) is 0. The normalized spacial score (nSPS) is 16.2. The van der Waals surface area contributed by atoms with Crippen LogP contribution in [0.2, 0.25) is 0 Å². The second-order valence-electron chi connectivity index (χ2n) is 12.9. The molecule has 0 fully saturated rings. The average molecular weight is 642 g/mol. The van der Waals surface area contributed by atoms with Crippen LogP contribution in [0, 0.1) is 0 Å². The largest absolute Gasteiger partial charge is 0.483 e. The Hall–Kier alpha value is -6.52. The number of rotatable bonds is 5. The van der Waals surface area contributed by atoms with Crippen LogP contribution < -0.4 is 4.74 Å². The Morgan fingerprint density at radius 2 is 1.20 bits per heavy atom. The summed E-state index contributed by atoms with van der Waals surface area (Å²) in [4.78, 5) is 10.1. The fourth-order valence-electron chi connectivity index (χ4n) is 7.57. The first-order valence-corrected chi connectivity index (χ1v) is 17.1. The van der Waals surface area contributed by atoms with E-state index in [-0.39, 0.29) is 12.0 Å². The van der Waals surface area contributed by atoms with Crippen molar-refractivity contribution in [1.82, 2.24) is 14.5 Å². The second kappa shape index (κ2) is 11.6. The van der Waals surface area contributed by atoms with Gasteiger partial charge < -0.3 is 9.30 Å². The predicted molar refractivity (Wildman–Crippen MR) is 203 cm³/mol. The first-order valence-electron chi connectivity index (χ1n) is 17.1. The van der Waals surface area contributed by atoms with Crippen molar-refractivity contribution >= 4 is 27.4 Å².